The lowest BCUT2D eigenvalue weighted by Gasteiger charge is -2.43. The number of likely N-dealkylation sites (tertiary alicyclic amines) is 3. The van der Waals surface area contributed by atoms with E-state index in [2.05, 4.69) is 48.4 Å². The Morgan fingerprint density at radius 1 is 0.434 bits per heavy atom. The van der Waals surface area contributed by atoms with E-state index in [1.807, 2.05) is 129 Å². The van der Waals surface area contributed by atoms with E-state index in [9.17, 15) is 38.8 Å². The summed E-state index contributed by atoms with van der Waals surface area (Å²) in [5, 5.41) is 21.2. The Bertz CT molecular complexity index is 4150. The van der Waals surface area contributed by atoms with Crippen LogP contribution in [0.1, 0.15) is 183 Å². The number of nitrogens with two attached hydrogens (primary N) is 1. The van der Waals surface area contributed by atoms with Crippen LogP contribution >= 0.6 is 0 Å². The fraction of sp³-hybridized carbons (Fsp3) is 0.439. The highest BCUT2D eigenvalue weighted by Crippen LogP contribution is 2.41. The fourth-order valence-electron chi connectivity index (χ4n) is 14.0. The van der Waals surface area contributed by atoms with Crippen molar-refractivity contribution in [3.63, 3.8) is 0 Å². The van der Waals surface area contributed by atoms with Gasteiger partial charge >= 0.3 is 18.3 Å². The smallest absolute Gasteiger partial charge is 0.410 e. The molecule has 7 amide bonds. The minimum Gasteiger partial charge on any atom is -0.444 e. The Labute approximate surface area is 621 Å². The first-order chi connectivity index (χ1) is 50.6. The third-order valence-corrected chi connectivity index (χ3v) is 19.9. The Hall–Kier alpha value is -10.8. The molecule has 0 atom stereocenters. The molecule has 0 unspecified atom stereocenters. The van der Waals surface area contributed by atoms with Gasteiger partial charge in [-0.25, -0.2) is 14.4 Å². The van der Waals surface area contributed by atoms with Crippen LogP contribution in [0.4, 0.5) is 14.4 Å². The number of carbonyl (C=O) groups is 7. The molecule has 6 aliphatic rings. The highest BCUT2D eigenvalue weighted by Gasteiger charge is 2.47. The molecule has 0 saturated carbocycles. The van der Waals surface area contributed by atoms with Gasteiger partial charge in [0.2, 0.25) is 0 Å². The molecule has 0 bridgehead atoms. The number of aromatic nitrogens is 5. The van der Waals surface area contributed by atoms with E-state index in [4.69, 9.17) is 25.2 Å². The van der Waals surface area contributed by atoms with Crippen molar-refractivity contribution in [2.75, 3.05) is 72.0 Å². The minimum atomic E-state index is -0.560. The topological polar surface area (TPSA) is 313 Å². The van der Waals surface area contributed by atoms with Crippen LogP contribution in [0.15, 0.2) is 171 Å². The van der Waals surface area contributed by atoms with Gasteiger partial charge in [0.1, 0.15) is 16.8 Å². The normalized spacial score (nSPS) is 17.6. The van der Waals surface area contributed by atoms with Gasteiger partial charge < -0.3 is 40.0 Å². The molecule has 5 aromatic heterocycles. The number of nitrogens with zero attached hydrogens (tertiary/aromatic N) is 12. The van der Waals surface area contributed by atoms with Gasteiger partial charge in [0.25, 0.3) is 23.6 Å². The molecule has 6 aliphatic heterocycles. The summed E-state index contributed by atoms with van der Waals surface area (Å²) in [5.41, 5.74) is 10.2. The van der Waals surface area contributed by atoms with Gasteiger partial charge in [-0.2, -0.15) is 10.5 Å². The number of benzene rings is 2. The number of rotatable bonds is 10. The third kappa shape index (κ3) is 20.0. The van der Waals surface area contributed by atoms with Gasteiger partial charge in [0.15, 0.2) is 0 Å². The zero-order valence-corrected chi connectivity index (χ0v) is 62.3. The predicted molar refractivity (Wildman–Crippen MR) is 399 cm³/mol. The number of imide groups is 2. The average Bonchev–Trinajstić information content (AvgIpc) is 1.58. The molecule has 0 aliphatic carbocycles. The lowest BCUT2D eigenvalue weighted by atomic mass is 9.73. The maximum Gasteiger partial charge on any atom is 0.410 e. The summed E-state index contributed by atoms with van der Waals surface area (Å²) < 4.78 is 16.3. The zero-order valence-electron chi connectivity index (χ0n) is 62.3. The summed E-state index contributed by atoms with van der Waals surface area (Å²) in [7, 11) is 0. The fourth-order valence-corrected chi connectivity index (χ4v) is 14.0. The van der Waals surface area contributed by atoms with Crippen molar-refractivity contribution in [2.24, 2.45) is 5.73 Å². The van der Waals surface area contributed by atoms with E-state index in [1.165, 1.54) is 9.80 Å². The van der Waals surface area contributed by atoms with Crippen LogP contribution in [0.5, 0.6) is 0 Å². The standard InChI is InChI=1S/C24H27N3O4.C19H19N3O2.C16H25N3O2.C16H21N3O2.C7H6N2/c1-23(2,3)31-22(30)26-13-10-24(11-14-26,17-7-6-12-25-15-17)16-27-20(28)18-8-4-5-9-19(18)21(27)29;23-17-15-5-1-2-6-16(15)18(24)22(17)13-19(7-10-20-11-8-19)14-4-3-9-21-12-14;2*1-15(2,3)21-14(20)19-9-6-16(12-17,7-10-19)13-5-4-8-18-11-13;8-4-3-7-2-1-5-9-6-7/h4-9,12,15H,10-11,13-14,16H2,1-3H3;1-6,9,12,20H,7-8,10-11,13H2;4-5,8,11H,6-7,9-10,12,17H2,1-3H3;4-5,8,11H,6-7,9-10H2,1-3H3;1-2,5-6H,3H2. The molecule has 11 heterocycles. The summed E-state index contributed by atoms with van der Waals surface area (Å²) in [4.78, 5) is 117. The van der Waals surface area contributed by atoms with Gasteiger partial charge in [0.05, 0.1) is 46.2 Å². The molecule has 3 N–H and O–H groups in total. The molecular formula is C82H98N14O10. The van der Waals surface area contributed by atoms with Gasteiger partial charge in [-0.1, -0.05) is 54.6 Å². The van der Waals surface area contributed by atoms with Crippen molar-refractivity contribution in [2.45, 2.75) is 159 Å². The largest absolute Gasteiger partial charge is 0.444 e. The monoisotopic (exact) mass is 1440 g/mol. The number of piperidine rings is 4. The van der Waals surface area contributed by atoms with Crippen molar-refractivity contribution < 1.29 is 47.8 Å². The summed E-state index contributed by atoms with van der Waals surface area (Å²) in [6.45, 7) is 23.1. The molecule has 106 heavy (non-hydrogen) atoms. The molecule has 0 spiro atoms. The van der Waals surface area contributed by atoms with Crippen LogP contribution in [0, 0.1) is 22.7 Å². The Balaban J connectivity index is 0.000000159. The van der Waals surface area contributed by atoms with E-state index in [0.29, 0.717) is 107 Å². The van der Waals surface area contributed by atoms with Crippen LogP contribution in [0.3, 0.4) is 0 Å². The Morgan fingerprint density at radius 3 is 1.05 bits per heavy atom. The molecule has 556 valence electrons. The zero-order chi connectivity index (χ0) is 76.3. The van der Waals surface area contributed by atoms with Crippen LogP contribution in [0.25, 0.3) is 0 Å². The van der Waals surface area contributed by atoms with Crippen LogP contribution in [0.2, 0.25) is 0 Å². The number of fused-ring (bicyclic) bond motifs is 2. The molecule has 24 heteroatoms. The van der Waals surface area contributed by atoms with Crippen molar-refractivity contribution in [1.82, 2.24) is 54.7 Å². The molecule has 4 saturated heterocycles. The van der Waals surface area contributed by atoms with Gasteiger partial charge in [-0.15, -0.1) is 0 Å². The second kappa shape index (κ2) is 34.8. The summed E-state index contributed by atoms with van der Waals surface area (Å²) in [5.74, 6) is -0.897. The summed E-state index contributed by atoms with van der Waals surface area (Å²) >= 11 is 0. The van der Waals surface area contributed by atoms with E-state index in [0.717, 1.165) is 66.6 Å². The van der Waals surface area contributed by atoms with Crippen molar-refractivity contribution >= 4 is 41.9 Å². The Morgan fingerprint density at radius 2 is 0.745 bits per heavy atom. The second-order valence-corrected chi connectivity index (χ2v) is 30.5. The number of hydrogen-bond acceptors (Lipinski definition) is 19. The number of pyridine rings is 5. The number of hydrogen-bond donors (Lipinski definition) is 2. The summed E-state index contributed by atoms with van der Waals surface area (Å²) in [6, 6.07) is 37.8. The number of carbonyl (C=O) groups excluding carboxylic acids is 7. The maximum absolute atomic E-state index is 13.0. The molecular weight excluding hydrogens is 1340 g/mol. The molecule has 7 aromatic rings. The first kappa shape index (κ1) is 79.3. The first-order valence-electron chi connectivity index (χ1n) is 36.1. The van der Waals surface area contributed by atoms with Crippen LogP contribution in [-0.4, -0.2) is 180 Å². The Kier molecular flexibility index (Phi) is 26.1. The second-order valence-electron chi connectivity index (χ2n) is 30.5. The number of amides is 7. The van der Waals surface area contributed by atoms with Crippen molar-refractivity contribution in [3.8, 4) is 12.1 Å². The predicted octanol–water partition coefficient (Wildman–Crippen LogP) is 12.0. The van der Waals surface area contributed by atoms with Crippen molar-refractivity contribution in [3.05, 3.63) is 221 Å². The molecule has 0 radical (unpaired) electrons. The average molecular weight is 1440 g/mol. The first-order valence-corrected chi connectivity index (χ1v) is 36.1. The molecule has 24 nitrogen and oxygen atoms in total. The summed E-state index contributed by atoms with van der Waals surface area (Å²) in [6.07, 6.45) is 23.0. The molecule has 4 fully saturated rings. The van der Waals surface area contributed by atoms with E-state index < -0.39 is 27.6 Å². The molecule has 2 aromatic carbocycles. The lowest BCUT2D eigenvalue weighted by molar-refractivity contribution is 0.0135. The maximum atomic E-state index is 13.0. The van der Waals surface area contributed by atoms with Gasteiger partial charge in [-0.3, -0.25) is 53.9 Å². The van der Waals surface area contributed by atoms with E-state index >= 15 is 0 Å². The van der Waals surface area contributed by atoms with Gasteiger partial charge in [-0.05, 0) is 209 Å². The third-order valence-electron chi connectivity index (χ3n) is 19.9. The number of nitriles is 2. The van der Waals surface area contributed by atoms with E-state index in [-0.39, 0.29) is 59.3 Å². The van der Waals surface area contributed by atoms with Crippen LogP contribution in [-0.2, 0) is 42.3 Å². The van der Waals surface area contributed by atoms with Gasteiger partial charge in [0, 0.05) is 137 Å². The quantitative estimate of drug-likeness (QED) is 0.0949. The van der Waals surface area contributed by atoms with E-state index in [1.54, 1.807) is 113 Å². The van der Waals surface area contributed by atoms with Crippen molar-refractivity contribution in [1.29, 1.82) is 10.5 Å². The highest BCUT2D eigenvalue weighted by molar-refractivity contribution is 6.22. The molecule has 13 rings (SSSR count). The number of nitrogens with one attached hydrogen (secondary N) is 1. The number of ether oxygens (including phenoxy) is 3. The van der Waals surface area contributed by atoms with Crippen LogP contribution < -0.4 is 11.1 Å². The SMILES string of the molecule is CC(C)(C)OC(=O)N1CCC(C#N)(c2cccnc2)CC1.CC(C)(C)OC(=O)N1CCC(CN)(c2cccnc2)CC1.CC(C)(C)OC(=O)N1CCC(CN2C(=O)c3ccccc3C2=O)(c2cccnc2)CC1.N#CCc1cccnc1.O=C1c2ccccc2C(=O)N1CC1(c2cccnc2)CCNCC1. The minimum absolute atomic E-state index is 0.0766. The lowest BCUT2D eigenvalue weighted by Crippen LogP contribution is -2.52. The highest BCUT2D eigenvalue weighted by atomic mass is 16.6.